The molecule has 0 radical (unpaired) electrons. The fourth-order valence-corrected chi connectivity index (χ4v) is 3.73. The normalized spacial score (nSPS) is 12.0. The topological polar surface area (TPSA) is 358 Å². The molecule has 0 aliphatic rings. The van der Waals surface area contributed by atoms with Gasteiger partial charge in [-0.1, -0.05) is 0 Å². The molecule has 1 rings (SSSR count). The maximum atomic E-state index is 13.1. The highest BCUT2D eigenvalue weighted by Gasteiger charge is 2.28. The summed E-state index contributed by atoms with van der Waals surface area (Å²) in [4.78, 5) is 59.2. The lowest BCUT2D eigenvalue weighted by Gasteiger charge is -2.19. The van der Waals surface area contributed by atoms with Crippen LogP contribution in [0.3, 0.4) is 0 Å². The highest BCUT2D eigenvalue weighted by Crippen LogP contribution is 2.20. The van der Waals surface area contributed by atoms with Gasteiger partial charge in [0.05, 0.1) is 0 Å². The van der Waals surface area contributed by atoms with Crippen molar-refractivity contribution in [1.29, 1.82) is 10.8 Å². The highest BCUT2D eigenvalue weighted by atomic mass is 16.2. The van der Waals surface area contributed by atoms with Crippen molar-refractivity contribution in [2.45, 2.75) is 38.1 Å². The van der Waals surface area contributed by atoms with Crippen molar-refractivity contribution in [3.8, 4) is 0 Å². The van der Waals surface area contributed by atoms with Crippen molar-refractivity contribution in [2.24, 2.45) is 28.9 Å². The number of nitrogens with one attached hydrogen (secondary N) is 7. The van der Waals surface area contributed by atoms with Gasteiger partial charge in [0, 0.05) is 51.6 Å². The summed E-state index contributed by atoms with van der Waals surface area (Å²) >= 11 is 0. The number of nitrogen functional groups attached to an aromatic ring is 2. The van der Waals surface area contributed by atoms with E-state index in [2.05, 4.69) is 36.6 Å². The number of hydrogen-bond donors (Lipinski definition) is 13. The predicted molar refractivity (Wildman–Crippen MR) is 157 cm³/mol. The first-order valence-corrected chi connectivity index (χ1v) is 13.3. The van der Waals surface area contributed by atoms with E-state index < -0.39 is 47.0 Å². The van der Waals surface area contributed by atoms with Gasteiger partial charge in [0.25, 0.3) is 5.91 Å². The number of carbonyl (C=O) groups is 4. The largest absolute Gasteiger partial charge is 0.382 e. The van der Waals surface area contributed by atoms with Gasteiger partial charge in [-0.25, -0.2) is 9.97 Å². The smallest absolute Gasteiger partial charge is 0.274 e. The highest BCUT2D eigenvalue weighted by molar-refractivity contribution is 6.03. The van der Waals surface area contributed by atoms with E-state index in [0.29, 0.717) is 19.4 Å². The number of anilines is 2. The molecule has 0 aliphatic heterocycles. The Labute approximate surface area is 243 Å². The van der Waals surface area contributed by atoms with E-state index in [1.807, 2.05) is 0 Å². The van der Waals surface area contributed by atoms with Crippen LogP contribution in [0, 0.1) is 16.7 Å². The molecule has 1 aromatic heterocycles. The van der Waals surface area contributed by atoms with Gasteiger partial charge in [-0.3, -0.25) is 30.0 Å². The molecule has 2 atom stereocenters. The fraction of sp³-hybridized carbons (Fsp3) is 0.565. The molecule has 0 fully saturated rings. The molecular formula is C23H43N15O4. The first kappa shape index (κ1) is 35.2. The Morgan fingerprint density at radius 2 is 1.21 bits per heavy atom. The van der Waals surface area contributed by atoms with Crippen LogP contribution in [0.4, 0.5) is 11.6 Å². The zero-order valence-corrected chi connectivity index (χ0v) is 23.4. The van der Waals surface area contributed by atoms with E-state index >= 15 is 0 Å². The Hall–Kier alpha value is -4.78. The lowest BCUT2D eigenvalue weighted by molar-refractivity contribution is -0.125. The van der Waals surface area contributed by atoms with E-state index in [1.165, 1.54) is 0 Å². The number of hydrogen-bond acceptors (Lipinski definition) is 12. The summed E-state index contributed by atoms with van der Waals surface area (Å²) in [6, 6.07) is -1.01. The van der Waals surface area contributed by atoms with Crippen molar-refractivity contribution in [2.75, 3.05) is 50.7 Å². The van der Waals surface area contributed by atoms with Crippen molar-refractivity contribution in [3.05, 3.63) is 11.4 Å². The summed E-state index contributed by atoms with van der Waals surface area (Å²) in [7, 11) is 0. The van der Waals surface area contributed by atoms with Crippen LogP contribution >= 0.6 is 0 Å². The maximum Gasteiger partial charge on any atom is 0.274 e. The van der Waals surface area contributed by atoms with Crippen molar-refractivity contribution < 1.29 is 19.2 Å². The second kappa shape index (κ2) is 18.5. The number of ketones is 1. The van der Waals surface area contributed by atoms with Crippen molar-refractivity contribution in [3.63, 3.8) is 0 Å². The van der Waals surface area contributed by atoms with E-state index in [0.717, 1.165) is 0 Å². The molecule has 19 nitrogen and oxygen atoms in total. The number of Topliss-reactive ketones (excluding diaryl/α,β-unsaturated/α-hetero) is 1. The number of guanidine groups is 2. The molecule has 0 saturated carbocycles. The van der Waals surface area contributed by atoms with Crippen LogP contribution in [0.25, 0.3) is 0 Å². The summed E-state index contributed by atoms with van der Waals surface area (Å²) in [5.41, 5.74) is 32.7. The molecule has 0 unspecified atom stereocenters. The third kappa shape index (κ3) is 12.6. The Balaban J connectivity index is 3.05. The van der Waals surface area contributed by atoms with Crippen molar-refractivity contribution >= 4 is 47.1 Å². The van der Waals surface area contributed by atoms with Gasteiger partial charge in [0.1, 0.15) is 6.04 Å². The van der Waals surface area contributed by atoms with Gasteiger partial charge in [-0.15, -0.1) is 0 Å². The van der Waals surface area contributed by atoms with E-state index in [-0.39, 0.29) is 75.4 Å². The molecule has 234 valence electrons. The van der Waals surface area contributed by atoms with Crippen molar-refractivity contribution in [1.82, 2.24) is 36.6 Å². The summed E-state index contributed by atoms with van der Waals surface area (Å²) in [6.07, 6.45) is 0.986. The number of carbonyl (C=O) groups excluding carboxylic acids is 4. The van der Waals surface area contributed by atoms with E-state index in [1.54, 1.807) is 0 Å². The number of aromatic nitrogens is 2. The van der Waals surface area contributed by atoms with E-state index in [4.69, 9.17) is 45.2 Å². The number of nitrogens with zero attached hydrogens (tertiary/aromatic N) is 2. The average Bonchev–Trinajstić information content (AvgIpc) is 2.93. The van der Waals surface area contributed by atoms with Gasteiger partial charge in [0.2, 0.25) is 11.8 Å². The Bertz CT molecular complexity index is 1030. The van der Waals surface area contributed by atoms with Gasteiger partial charge in [-0.05, 0) is 25.7 Å². The van der Waals surface area contributed by atoms with Crippen LogP contribution in [-0.2, 0) is 9.59 Å². The third-order valence-electron chi connectivity index (χ3n) is 5.77. The first-order chi connectivity index (χ1) is 19.9. The molecule has 1 aromatic rings. The average molecular weight is 594 g/mol. The maximum absolute atomic E-state index is 13.1. The monoisotopic (exact) mass is 593 g/mol. The second-order valence-corrected chi connectivity index (χ2v) is 9.17. The molecular weight excluding hydrogens is 550 g/mol. The molecule has 0 saturated heterocycles. The molecule has 1 heterocycles. The van der Waals surface area contributed by atoms with Crippen LogP contribution in [-0.4, -0.2) is 90.7 Å². The molecule has 42 heavy (non-hydrogen) atoms. The zero-order chi connectivity index (χ0) is 31.7. The summed E-state index contributed by atoms with van der Waals surface area (Å²) in [5, 5.41) is 27.4. The molecule has 0 spiro atoms. The molecule has 19 N–H and O–H groups in total. The lowest BCUT2D eigenvalue weighted by Crippen LogP contribution is -2.48. The molecule has 0 bridgehead atoms. The molecule has 0 aliphatic carbocycles. The summed E-state index contributed by atoms with van der Waals surface area (Å²) in [6.45, 7) is 1.40. The van der Waals surface area contributed by atoms with Gasteiger partial charge in [0.15, 0.2) is 40.7 Å². The summed E-state index contributed by atoms with van der Waals surface area (Å²) in [5.74, 6) is -4.38. The third-order valence-corrected chi connectivity index (χ3v) is 5.77. The molecule has 3 amide bonds. The van der Waals surface area contributed by atoms with E-state index in [9.17, 15) is 19.2 Å². The van der Waals surface area contributed by atoms with Crippen LogP contribution in [0.2, 0.25) is 0 Å². The standard InChI is InChI=1S/C23H43N15O4/c24-5-9-32-19(40)12(3-1-7-34-22(28)29)11-14(39)15-17(26)38-16(18(27)37-15)21(42)36-13(20(41)33-10-6-25)4-2-8-35-23(30)31/h12-13H,1-11,24-25H2,(H2,26,38)(H2,27,37)(H,32,40)(H,33,41)(H,36,42)(H4,28,29,34)(H4,30,31,35)/t12-,13+/m1/s1. The summed E-state index contributed by atoms with van der Waals surface area (Å²) < 4.78 is 0. The number of amides is 3. The predicted octanol–water partition coefficient (Wildman–Crippen LogP) is -4.40. The SMILES string of the molecule is N=C(N)NCCC[C@H](CC(=O)c1nc(N)c(C(=O)N[C@@H](CCCNC(=N)N)C(=O)NCCN)nc1N)C(=O)NCCN. The molecule has 0 aromatic carbocycles. The Morgan fingerprint density at radius 3 is 1.76 bits per heavy atom. The second-order valence-electron chi connectivity index (χ2n) is 9.17. The number of rotatable bonds is 19. The van der Waals surface area contributed by atoms with Gasteiger partial charge >= 0.3 is 0 Å². The number of nitrogens with two attached hydrogens (primary N) is 6. The first-order valence-electron chi connectivity index (χ1n) is 13.3. The van der Waals surface area contributed by atoms with Crippen LogP contribution in [0.1, 0.15) is 53.1 Å². The van der Waals surface area contributed by atoms with Crippen LogP contribution in [0.5, 0.6) is 0 Å². The van der Waals surface area contributed by atoms with Crippen LogP contribution < -0.4 is 61.0 Å². The van der Waals surface area contributed by atoms with Gasteiger partial charge < -0.3 is 61.0 Å². The molecule has 19 heteroatoms. The van der Waals surface area contributed by atoms with Gasteiger partial charge in [-0.2, -0.15) is 0 Å². The Kier molecular flexibility index (Phi) is 15.6. The minimum atomic E-state index is -1.01. The minimum absolute atomic E-state index is 0.178. The lowest BCUT2D eigenvalue weighted by atomic mass is 9.94. The van der Waals surface area contributed by atoms with Crippen LogP contribution in [0.15, 0.2) is 0 Å². The fourth-order valence-electron chi connectivity index (χ4n) is 3.73. The Morgan fingerprint density at radius 1 is 0.714 bits per heavy atom. The quantitative estimate of drug-likeness (QED) is 0.0312. The zero-order valence-electron chi connectivity index (χ0n) is 23.4. The minimum Gasteiger partial charge on any atom is -0.382 e.